The maximum absolute atomic E-state index is 11.9. The summed E-state index contributed by atoms with van der Waals surface area (Å²) >= 11 is 0. The van der Waals surface area contributed by atoms with Gasteiger partial charge in [-0.3, -0.25) is 9.78 Å². The number of anilines is 1. The maximum Gasteiger partial charge on any atom is 0.244 e. The van der Waals surface area contributed by atoms with Crippen LogP contribution in [-0.4, -0.2) is 16.4 Å². The Morgan fingerprint density at radius 3 is 2.88 bits per heavy atom. The molecule has 0 aliphatic carbocycles. The fraction of sp³-hybridized carbons (Fsp3) is 0.500. The molecule has 0 aromatic carbocycles. The highest BCUT2D eigenvalue weighted by Crippen LogP contribution is 2.16. The molecule has 1 amide bonds. The summed E-state index contributed by atoms with van der Waals surface area (Å²) in [5.41, 5.74) is 6.83. The second kappa shape index (κ2) is 5.07. The lowest BCUT2D eigenvalue weighted by Gasteiger charge is -2.23. The van der Waals surface area contributed by atoms with Crippen molar-refractivity contribution >= 4 is 11.6 Å². The molecule has 1 rings (SSSR count). The highest BCUT2D eigenvalue weighted by atomic mass is 16.2. The molecule has 16 heavy (non-hydrogen) atoms. The van der Waals surface area contributed by atoms with Crippen molar-refractivity contribution in [2.24, 2.45) is 5.73 Å². The van der Waals surface area contributed by atoms with Crippen molar-refractivity contribution in [3.63, 3.8) is 0 Å². The maximum atomic E-state index is 11.9. The lowest BCUT2D eigenvalue weighted by atomic mass is 9.96. The standard InChI is InChI=1S/C12H19N3O/c1-4-6-12(3,13)11(16)15-10-5-7-14-8-9(10)2/h5,7-8H,4,6,13H2,1-3H3,(H,14,15,16). The number of amides is 1. The summed E-state index contributed by atoms with van der Waals surface area (Å²) in [5, 5.41) is 2.83. The predicted molar refractivity (Wildman–Crippen MR) is 65.1 cm³/mol. The Morgan fingerprint density at radius 1 is 1.62 bits per heavy atom. The van der Waals surface area contributed by atoms with Gasteiger partial charge in [-0.25, -0.2) is 0 Å². The van der Waals surface area contributed by atoms with Crippen LogP contribution in [0.2, 0.25) is 0 Å². The predicted octanol–water partition coefficient (Wildman–Crippen LogP) is 1.85. The van der Waals surface area contributed by atoms with Gasteiger partial charge in [-0.2, -0.15) is 0 Å². The molecule has 0 saturated heterocycles. The molecule has 1 aromatic heterocycles. The van der Waals surface area contributed by atoms with Gasteiger partial charge in [0.05, 0.1) is 5.54 Å². The van der Waals surface area contributed by atoms with E-state index in [-0.39, 0.29) is 5.91 Å². The van der Waals surface area contributed by atoms with Crippen LogP contribution in [0.5, 0.6) is 0 Å². The van der Waals surface area contributed by atoms with Crippen LogP contribution in [0.25, 0.3) is 0 Å². The Kier molecular flexibility index (Phi) is 4.01. The normalized spacial score (nSPS) is 14.2. The fourth-order valence-electron chi connectivity index (χ4n) is 1.51. The molecule has 0 saturated carbocycles. The number of aryl methyl sites for hydroxylation is 1. The molecule has 1 atom stereocenters. The highest BCUT2D eigenvalue weighted by molar-refractivity contribution is 5.98. The molecular weight excluding hydrogens is 202 g/mol. The van der Waals surface area contributed by atoms with Gasteiger partial charge in [-0.15, -0.1) is 0 Å². The molecule has 1 heterocycles. The van der Waals surface area contributed by atoms with Gasteiger partial charge in [0.2, 0.25) is 5.91 Å². The summed E-state index contributed by atoms with van der Waals surface area (Å²) in [6.07, 6.45) is 4.91. The molecule has 1 unspecified atom stereocenters. The van der Waals surface area contributed by atoms with Crippen molar-refractivity contribution in [2.45, 2.75) is 39.2 Å². The zero-order valence-electron chi connectivity index (χ0n) is 10.1. The fourth-order valence-corrected chi connectivity index (χ4v) is 1.51. The topological polar surface area (TPSA) is 68.0 Å². The van der Waals surface area contributed by atoms with Crippen molar-refractivity contribution in [3.8, 4) is 0 Å². The minimum absolute atomic E-state index is 0.149. The highest BCUT2D eigenvalue weighted by Gasteiger charge is 2.27. The summed E-state index contributed by atoms with van der Waals surface area (Å²) in [5.74, 6) is -0.149. The lowest BCUT2D eigenvalue weighted by molar-refractivity contribution is -0.120. The first-order chi connectivity index (χ1) is 7.47. The minimum atomic E-state index is -0.815. The molecule has 1 aromatic rings. The van der Waals surface area contributed by atoms with Crippen LogP contribution < -0.4 is 11.1 Å². The van der Waals surface area contributed by atoms with Crippen molar-refractivity contribution in [1.82, 2.24) is 4.98 Å². The van der Waals surface area contributed by atoms with Crippen molar-refractivity contribution in [3.05, 3.63) is 24.0 Å². The van der Waals surface area contributed by atoms with Crippen LogP contribution in [-0.2, 0) is 4.79 Å². The van der Waals surface area contributed by atoms with Crippen LogP contribution in [0.1, 0.15) is 32.3 Å². The van der Waals surface area contributed by atoms with Gasteiger partial charge < -0.3 is 11.1 Å². The molecule has 0 spiro atoms. The Morgan fingerprint density at radius 2 is 2.31 bits per heavy atom. The number of hydrogen-bond donors (Lipinski definition) is 2. The molecule has 4 nitrogen and oxygen atoms in total. The summed E-state index contributed by atoms with van der Waals surface area (Å²) in [4.78, 5) is 15.9. The first-order valence-electron chi connectivity index (χ1n) is 5.48. The second-order valence-corrected chi connectivity index (χ2v) is 4.31. The monoisotopic (exact) mass is 221 g/mol. The van der Waals surface area contributed by atoms with E-state index >= 15 is 0 Å². The number of carbonyl (C=O) groups is 1. The van der Waals surface area contributed by atoms with Crippen LogP contribution in [0.3, 0.4) is 0 Å². The molecule has 3 N–H and O–H groups in total. The number of nitrogens with two attached hydrogens (primary N) is 1. The molecule has 0 aliphatic heterocycles. The van der Waals surface area contributed by atoms with Gasteiger partial charge in [0.15, 0.2) is 0 Å². The molecule has 4 heteroatoms. The quantitative estimate of drug-likeness (QED) is 0.815. The minimum Gasteiger partial charge on any atom is -0.324 e. The smallest absolute Gasteiger partial charge is 0.244 e. The van der Waals surface area contributed by atoms with Gasteiger partial charge in [0.1, 0.15) is 0 Å². The van der Waals surface area contributed by atoms with E-state index in [1.807, 2.05) is 13.8 Å². The van der Waals surface area contributed by atoms with Crippen LogP contribution in [0.15, 0.2) is 18.5 Å². The SMILES string of the molecule is CCCC(C)(N)C(=O)Nc1ccncc1C. The number of nitrogens with zero attached hydrogens (tertiary/aromatic N) is 1. The van der Waals surface area contributed by atoms with E-state index in [1.165, 1.54) is 0 Å². The largest absolute Gasteiger partial charge is 0.324 e. The first kappa shape index (κ1) is 12.6. The average Bonchev–Trinajstić information content (AvgIpc) is 2.21. The van der Waals surface area contributed by atoms with Crippen molar-refractivity contribution in [2.75, 3.05) is 5.32 Å². The van der Waals surface area contributed by atoms with Gasteiger partial charge in [-0.05, 0) is 31.9 Å². The van der Waals surface area contributed by atoms with Crippen LogP contribution >= 0.6 is 0 Å². The van der Waals surface area contributed by atoms with Gasteiger partial charge >= 0.3 is 0 Å². The summed E-state index contributed by atoms with van der Waals surface area (Å²) in [7, 11) is 0. The third-order valence-electron chi connectivity index (χ3n) is 2.56. The van der Waals surface area contributed by atoms with Gasteiger partial charge in [0, 0.05) is 18.1 Å². The molecular formula is C12H19N3O. The third kappa shape index (κ3) is 3.03. The number of aromatic nitrogens is 1. The first-order valence-corrected chi connectivity index (χ1v) is 5.48. The number of carbonyl (C=O) groups excluding carboxylic acids is 1. The Labute approximate surface area is 96.3 Å². The number of nitrogens with one attached hydrogen (secondary N) is 1. The van der Waals surface area contributed by atoms with E-state index in [0.29, 0.717) is 6.42 Å². The number of hydrogen-bond acceptors (Lipinski definition) is 3. The molecule has 88 valence electrons. The molecule has 0 fully saturated rings. The van der Waals surface area contributed by atoms with Crippen LogP contribution in [0.4, 0.5) is 5.69 Å². The zero-order chi connectivity index (χ0) is 12.2. The molecule has 0 radical (unpaired) electrons. The molecule has 0 aliphatic rings. The number of rotatable bonds is 4. The van der Waals surface area contributed by atoms with E-state index in [2.05, 4.69) is 10.3 Å². The summed E-state index contributed by atoms with van der Waals surface area (Å²) in [6, 6.07) is 1.77. The third-order valence-corrected chi connectivity index (χ3v) is 2.56. The second-order valence-electron chi connectivity index (χ2n) is 4.31. The van der Waals surface area contributed by atoms with Gasteiger partial charge in [-0.1, -0.05) is 13.3 Å². The van der Waals surface area contributed by atoms with E-state index in [9.17, 15) is 4.79 Å². The zero-order valence-corrected chi connectivity index (χ0v) is 10.1. The van der Waals surface area contributed by atoms with Gasteiger partial charge in [0.25, 0.3) is 0 Å². The average molecular weight is 221 g/mol. The Hall–Kier alpha value is -1.42. The molecule has 0 bridgehead atoms. The van der Waals surface area contributed by atoms with Crippen LogP contribution in [0, 0.1) is 6.92 Å². The summed E-state index contributed by atoms with van der Waals surface area (Å²) in [6.45, 7) is 5.66. The number of pyridine rings is 1. The Balaban J connectivity index is 2.75. The van der Waals surface area contributed by atoms with E-state index in [0.717, 1.165) is 17.7 Å². The summed E-state index contributed by atoms with van der Waals surface area (Å²) < 4.78 is 0. The Bertz CT molecular complexity index is 374. The lowest BCUT2D eigenvalue weighted by Crippen LogP contribution is -2.48. The van der Waals surface area contributed by atoms with Crippen molar-refractivity contribution < 1.29 is 4.79 Å². The van der Waals surface area contributed by atoms with E-state index in [1.54, 1.807) is 25.4 Å². The van der Waals surface area contributed by atoms with Crippen molar-refractivity contribution in [1.29, 1.82) is 0 Å². The van der Waals surface area contributed by atoms with E-state index in [4.69, 9.17) is 5.73 Å². The van der Waals surface area contributed by atoms with E-state index < -0.39 is 5.54 Å².